The average Bonchev–Trinajstić information content (AvgIpc) is 2.51. The molecule has 1 aromatic carbocycles. The molecule has 0 aliphatic heterocycles. The number of hydrogen-bond acceptors (Lipinski definition) is 3. The summed E-state index contributed by atoms with van der Waals surface area (Å²) in [5.74, 6) is 0.134. The fourth-order valence-corrected chi connectivity index (χ4v) is 2.78. The van der Waals surface area contributed by atoms with Gasteiger partial charge in [-0.25, -0.2) is 0 Å². The molecule has 118 valence electrons. The molecule has 0 N–H and O–H groups in total. The van der Waals surface area contributed by atoms with Crippen molar-refractivity contribution in [2.75, 3.05) is 20.3 Å². The summed E-state index contributed by atoms with van der Waals surface area (Å²) in [5, 5.41) is 0.649. The number of hydrogen-bond donors (Lipinski definition) is 0. The summed E-state index contributed by atoms with van der Waals surface area (Å²) in [6, 6.07) is 7.35. The maximum Gasteiger partial charge on any atom is 0.179 e. The van der Waals surface area contributed by atoms with Crippen LogP contribution in [0.2, 0.25) is 5.02 Å². The van der Waals surface area contributed by atoms with Crippen molar-refractivity contribution in [3.63, 3.8) is 0 Å². The van der Waals surface area contributed by atoms with E-state index >= 15 is 0 Å². The fraction of sp³-hybridized carbons (Fsp3) is 0.588. The van der Waals surface area contributed by atoms with E-state index in [1.165, 1.54) is 0 Å². The number of methoxy groups -OCH3 is 1. The van der Waals surface area contributed by atoms with Gasteiger partial charge in [-0.3, -0.25) is 9.69 Å². The van der Waals surface area contributed by atoms with Gasteiger partial charge in [0.25, 0.3) is 0 Å². The van der Waals surface area contributed by atoms with Gasteiger partial charge in [-0.05, 0) is 44.0 Å². The Morgan fingerprint density at radius 2 is 1.81 bits per heavy atom. The van der Waals surface area contributed by atoms with E-state index < -0.39 is 0 Å². The molecule has 0 radical (unpaired) electrons. The van der Waals surface area contributed by atoms with Crippen molar-refractivity contribution >= 4 is 17.4 Å². The van der Waals surface area contributed by atoms with E-state index in [-0.39, 0.29) is 11.8 Å². The maximum absolute atomic E-state index is 12.7. The van der Waals surface area contributed by atoms with Crippen LogP contribution in [-0.4, -0.2) is 43.0 Å². The first-order valence-electron chi connectivity index (χ1n) is 7.59. The highest BCUT2D eigenvalue weighted by molar-refractivity contribution is 6.30. The Hall–Kier alpha value is -0.900. The largest absolute Gasteiger partial charge is 0.383 e. The SMILES string of the molecule is CCC(CC)N(CCOC)C(C)C(=O)c1ccc(Cl)cc1. The number of carbonyl (C=O) groups is 1. The van der Waals surface area contributed by atoms with E-state index in [0.717, 1.165) is 19.4 Å². The summed E-state index contributed by atoms with van der Waals surface area (Å²) < 4.78 is 5.19. The summed E-state index contributed by atoms with van der Waals surface area (Å²) >= 11 is 5.88. The summed E-state index contributed by atoms with van der Waals surface area (Å²) in [7, 11) is 1.69. The molecule has 3 nitrogen and oxygen atoms in total. The molecule has 4 heteroatoms. The quantitative estimate of drug-likeness (QED) is 0.644. The number of carbonyl (C=O) groups excluding carboxylic acids is 1. The topological polar surface area (TPSA) is 29.5 Å². The molecule has 1 atom stereocenters. The van der Waals surface area contributed by atoms with Crippen LogP contribution in [0.15, 0.2) is 24.3 Å². The summed E-state index contributed by atoms with van der Waals surface area (Å²) in [4.78, 5) is 14.9. The van der Waals surface area contributed by atoms with Gasteiger partial charge in [0.1, 0.15) is 0 Å². The van der Waals surface area contributed by atoms with Crippen LogP contribution in [-0.2, 0) is 4.74 Å². The van der Waals surface area contributed by atoms with Crippen LogP contribution in [0, 0.1) is 0 Å². The highest BCUT2D eigenvalue weighted by Crippen LogP contribution is 2.18. The molecule has 0 spiro atoms. The third kappa shape index (κ3) is 5.10. The molecular formula is C17H26ClNO2. The number of Topliss-reactive ketones (excluding diaryl/α,β-unsaturated/α-hetero) is 1. The zero-order chi connectivity index (χ0) is 15.8. The summed E-state index contributed by atoms with van der Waals surface area (Å²) in [5.41, 5.74) is 0.709. The number of halogens is 1. The number of nitrogens with zero attached hydrogens (tertiary/aromatic N) is 1. The number of rotatable bonds is 9. The molecule has 0 bridgehead atoms. The van der Waals surface area contributed by atoms with Crippen LogP contribution < -0.4 is 0 Å². The van der Waals surface area contributed by atoms with Gasteiger partial charge in [0, 0.05) is 30.3 Å². The van der Waals surface area contributed by atoms with Crippen molar-refractivity contribution in [1.82, 2.24) is 4.90 Å². The first-order chi connectivity index (χ1) is 10.0. The van der Waals surface area contributed by atoms with Gasteiger partial charge in [-0.2, -0.15) is 0 Å². The maximum atomic E-state index is 12.7. The van der Waals surface area contributed by atoms with Crippen molar-refractivity contribution in [2.24, 2.45) is 0 Å². The lowest BCUT2D eigenvalue weighted by molar-refractivity contribution is 0.0632. The molecule has 0 aromatic heterocycles. The Kier molecular flexibility index (Phi) is 7.94. The van der Waals surface area contributed by atoms with Crippen LogP contribution in [0.4, 0.5) is 0 Å². The minimum atomic E-state index is -0.161. The molecule has 1 unspecified atom stereocenters. The van der Waals surface area contributed by atoms with E-state index in [4.69, 9.17) is 16.3 Å². The van der Waals surface area contributed by atoms with Gasteiger partial charge >= 0.3 is 0 Å². The highest BCUT2D eigenvalue weighted by Gasteiger charge is 2.26. The zero-order valence-corrected chi connectivity index (χ0v) is 14.2. The van der Waals surface area contributed by atoms with Crippen molar-refractivity contribution in [1.29, 1.82) is 0 Å². The summed E-state index contributed by atoms with van der Waals surface area (Å²) in [6.45, 7) is 7.70. The van der Waals surface area contributed by atoms with Crippen molar-refractivity contribution in [2.45, 2.75) is 45.7 Å². The first kappa shape index (κ1) is 18.1. The van der Waals surface area contributed by atoms with Gasteiger partial charge in [0.15, 0.2) is 5.78 Å². The molecule has 21 heavy (non-hydrogen) atoms. The Balaban J connectivity index is 2.89. The van der Waals surface area contributed by atoms with E-state index in [1.807, 2.05) is 6.92 Å². The van der Waals surface area contributed by atoms with Crippen LogP contribution in [0.5, 0.6) is 0 Å². The Labute approximate surface area is 133 Å². The van der Waals surface area contributed by atoms with Crippen LogP contribution in [0.25, 0.3) is 0 Å². The smallest absolute Gasteiger partial charge is 0.179 e. The lowest BCUT2D eigenvalue weighted by Crippen LogP contribution is -2.47. The molecule has 1 rings (SSSR count). The second-order valence-corrected chi connectivity index (χ2v) is 5.68. The minimum Gasteiger partial charge on any atom is -0.383 e. The Bertz CT molecular complexity index is 429. The Morgan fingerprint density at radius 3 is 2.29 bits per heavy atom. The van der Waals surface area contributed by atoms with Crippen molar-refractivity contribution < 1.29 is 9.53 Å². The van der Waals surface area contributed by atoms with E-state index in [0.29, 0.717) is 23.2 Å². The zero-order valence-electron chi connectivity index (χ0n) is 13.4. The molecule has 0 saturated carbocycles. The lowest BCUT2D eigenvalue weighted by Gasteiger charge is -2.34. The van der Waals surface area contributed by atoms with E-state index in [1.54, 1.807) is 31.4 Å². The fourth-order valence-electron chi connectivity index (χ4n) is 2.65. The van der Waals surface area contributed by atoms with Crippen molar-refractivity contribution in [3.05, 3.63) is 34.9 Å². The first-order valence-corrected chi connectivity index (χ1v) is 7.97. The number of ether oxygens (including phenoxy) is 1. The van der Waals surface area contributed by atoms with Crippen molar-refractivity contribution in [3.8, 4) is 0 Å². The second-order valence-electron chi connectivity index (χ2n) is 5.25. The van der Waals surface area contributed by atoms with Crippen LogP contribution >= 0.6 is 11.6 Å². The normalized spacial score (nSPS) is 12.9. The Morgan fingerprint density at radius 1 is 1.24 bits per heavy atom. The number of ketones is 1. The van der Waals surface area contributed by atoms with Crippen LogP contribution in [0.3, 0.4) is 0 Å². The summed E-state index contributed by atoms with van der Waals surface area (Å²) in [6.07, 6.45) is 2.05. The third-order valence-electron chi connectivity index (χ3n) is 3.97. The minimum absolute atomic E-state index is 0.134. The lowest BCUT2D eigenvalue weighted by atomic mass is 10.0. The molecule has 0 aliphatic carbocycles. The molecule has 0 fully saturated rings. The molecule has 0 amide bonds. The standard InChI is InChI=1S/C17H26ClNO2/c1-5-16(6-2)19(11-12-21-4)13(3)17(20)14-7-9-15(18)10-8-14/h7-10,13,16H,5-6,11-12H2,1-4H3. The van der Waals surface area contributed by atoms with Gasteiger partial charge < -0.3 is 4.74 Å². The van der Waals surface area contributed by atoms with E-state index in [9.17, 15) is 4.79 Å². The third-order valence-corrected chi connectivity index (χ3v) is 4.22. The molecule has 0 aliphatic rings. The predicted octanol–water partition coefficient (Wildman–Crippen LogP) is 4.05. The molecule has 0 heterocycles. The van der Waals surface area contributed by atoms with E-state index in [2.05, 4.69) is 18.7 Å². The highest BCUT2D eigenvalue weighted by atomic mass is 35.5. The average molecular weight is 312 g/mol. The second kappa shape index (κ2) is 9.19. The van der Waals surface area contributed by atoms with Gasteiger partial charge in [0.05, 0.1) is 12.6 Å². The monoisotopic (exact) mass is 311 g/mol. The van der Waals surface area contributed by atoms with Gasteiger partial charge in [0.2, 0.25) is 0 Å². The molecule has 0 saturated heterocycles. The molecule has 1 aromatic rings. The predicted molar refractivity (Wildman–Crippen MR) is 88.2 cm³/mol. The molecular weight excluding hydrogens is 286 g/mol. The van der Waals surface area contributed by atoms with Crippen LogP contribution in [0.1, 0.15) is 44.0 Å². The van der Waals surface area contributed by atoms with Gasteiger partial charge in [-0.1, -0.05) is 25.4 Å². The van der Waals surface area contributed by atoms with Gasteiger partial charge in [-0.15, -0.1) is 0 Å². The number of benzene rings is 1.